The molecule has 1 aromatic carbocycles. The Bertz CT molecular complexity index is 576. The summed E-state index contributed by atoms with van der Waals surface area (Å²) in [6, 6.07) is 4.56. The van der Waals surface area contributed by atoms with Crippen LogP contribution in [0.3, 0.4) is 0 Å². The van der Waals surface area contributed by atoms with Gasteiger partial charge < -0.3 is 10.1 Å². The first-order valence-corrected chi connectivity index (χ1v) is 6.24. The lowest BCUT2D eigenvalue weighted by Crippen LogP contribution is -2.25. The summed E-state index contributed by atoms with van der Waals surface area (Å²) >= 11 is 0. The van der Waals surface area contributed by atoms with Crippen LogP contribution in [0.4, 0.5) is 13.2 Å². The van der Waals surface area contributed by atoms with Gasteiger partial charge in [-0.2, -0.15) is 0 Å². The SMILES string of the molecule is O=C1C=C(NC(=O)c2ccc(OC(F)(F)F)cc2)CCC1. The Kier molecular flexibility index (Phi) is 4.30. The molecule has 2 rings (SSSR count). The summed E-state index contributed by atoms with van der Waals surface area (Å²) in [7, 11) is 0. The fraction of sp³-hybridized carbons (Fsp3) is 0.286. The van der Waals surface area contributed by atoms with Gasteiger partial charge in [-0.3, -0.25) is 9.59 Å². The smallest absolute Gasteiger partial charge is 0.406 e. The van der Waals surface area contributed by atoms with Crippen molar-refractivity contribution >= 4 is 11.7 Å². The zero-order chi connectivity index (χ0) is 15.5. The first-order valence-electron chi connectivity index (χ1n) is 6.24. The highest BCUT2D eigenvalue weighted by atomic mass is 19.4. The number of hydrogen-bond acceptors (Lipinski definition) is 3. The van der Waals surface area contributed by atoms with Crippen molar-refractivity contribution in [2.24, 2.45) is 0 Å². The van der Waals surface area contributed by atoms with Crippen LogP contribution < -0.4 is 10.1 Å². The van der Waals surface area contributed by atoms with Crippen molar-refractivity contribution in [3.63, 3.8) is 0 Å². The first-order chi connectivity index (χ1) is 9.83. The summed E-state index contributed by atoms with van der Waals surface area (Å²) in [4.78, 5) is 23.1. The third-order valence-electron chi connectivity index (χ3n) is 2.83. The molecule has 1 N–H and O–H groups in total. The second kappa shape index (κ2) is 5.99. The maximum absolute atomic E-state index is 12.0. The number of benzene rings is 1. The van der Waals surface area contributed by atoms with Gasteiger partial charge in [0.25, 0.3) is 5.91 Å². The maximum atomic E-state index is 12.0. The van der Waals surface area contributed by atoms with E-state index in [1.807, 2.05) is 0 Å². The van der Waals surface area contributed by atoms with Crippen LogP contribution in [0.1, 0.15) is 29.6 Å². The molecule has 1 aromatic rings. The number of ketones is 1. The molecule has 1 amide bonds. The van der Waals surface area contributed by atoms with Gasteiger partial charge in [0.15, 0.2) is 5.78 Å². The van der Waals surface area contributed by atoms with E-state index < -0.39 is 18.0 Å². The lowest BCUT2D eigenvalue weighted by Gasteiger charge is -2.13. The van der Waals surface area contributed by atoms with Crippen molar-refractivity contribution in [1.29, 1.82) is 0 Å². The van der Waals surface area contributed by atoms with Gasteiger partial charge >= 0.3 is 6.36 Å². The van der Waals surface area contributed by atoms with Crippen LogP contribution in [-0.4, -0.2) is 18.1 Å². The monoisotopic (exact) mass is 299 g/mol. The Morgan fingerprint density at radius 3 is 2.38 bits per heavy atom. The minimum atomic E-state index is -4.77. The zero-order valence-electron chi connectivity index (χ0n) is 10.9. The van der Waals surface area contributed by atoms with E-state index >= 15 is 0 Å². The number of carbonyl (C=O) groups is 2. The van der Waals surface area contributed by atoms with Gasteiger partial charge in [0.05, 0.1) is 0 Å². The molecule has 7 heteroatoms. The van der Waals surface area contributed by atoms with Gasteiger partial charge in [-0.15, -0.1) is 13.2 Å². The van der Waals surface area contributed by atoms with Gasteiger partial charge in [-0.05, 0) is 37.1 Å². The van der Waals surface area contributed by atoms with Crippen molar-refractivity contribution in [2.45, 2.75) is 25.6 Å². The molecule has 0 aliphatic heterocycles. The second-order valence-electron chi connectivity index (χ2n) is 4.52. The van der Waals surface area contributed by atoms with Gasteiger partial charge in [-0.1, -0.05) is 0 Å². The summed E-state index contributed by atoms with van der Waals surface area (Å²) in [5.74, 6) is -0.925. The van der Waals surface area contributed by atoms with E-state index in [1.54, 1.807) is 0 Å². The fourth-order valence-electron chi connectivity index (χ4n) is 1.92. The van der Waals surface area contributed by atoms with Gasteiger partial charge in [0.1, 0.15) is 5.75 Å². The number of ether oxygens (including phenoxy) is 1. The van der Waals surface area contributed by atoms with Crippen LogP contribution in [0.25, 0.3) is 0 Å². The van der Waals surface area contributed by atoms with E-state index in [1.165, 1.54) is 18.2 Å². The Morgan fingerprint density at radius 1 is 1.14 bits per heavy atom. The predicted octanol–water partition coefficient (Wildman–Crippen LogP) is 2.95. The average Bonchev–Trinajstić information content (AvgIpc) is 2.37. The molecule has 0 saturated carbocycles. The van der Waals surface area contributed by atoms with Crippen molar-refractivity contribution in [3.8, 4) is 5.75 Å². The molecule has 0 fully saturated rings. The number of alkyl halides is 3. The maximum Gasteiger partial charge on any atom is 0.573 e. The average molecular weight is 299 g/mol. The molecule has 0 atom stereocenters. The quantitative estimate of drug-likeness (QED) is 0.933. The largest absolute Gasteiger partial charge is 0.573 e. The van der Waals surface area contributed by atoms with Crippen LogP contribution in [-0.2, 0) is 4.79 Å². The van der Waals surface area contributed by atoms with E-state index in [0.29, 0.717) is 25.0 Å². The molecular weight excluding hydrogens is 287 g/mol. The molecule has 0 radical (unpaired) electrons. The lowest BCUT2D eigenvalue weighted by molar-refractivity contribution is -0.274. The number of hydrogen-bond donors (Lipinski definition) is 1. The summed E-state index contributed by atoms with van der Waals surface area (Å²) < 4.78 is 39.7. The number of allylic oxidation sites excluding steroid dienone is 2. The summed E-state index contributed by atoms with van der Waals surface area (Å²) in [5.41, 5.74) is 0.704. The number of carbonyl (C=O) groups excluding carboxylic acids is 2. The standard InChI is InChI=1S/C14H12F3NO3/c15-14(16,17)21-12-6-4-9(5-7-12)13(20)18-10-2-1-3-11(19)8-10/h4-8H,1-3H2,(H,18,20). The first kappa shape index (κ1) is 15.1. The Labute approximate surface area is 118 Å². The molecule has 21 heavy (non-hydrogen) atoms. The van der Waals surface area contributed by atoms with Crippen LogP contribution in [0.15, 0.2) is 36.0 Å². The van der Waals surface area contributed by atoms with E-state index in [2.05, 4.69) is 10.1 Å². The van der Waals surface area contributed by atoms with Gasteiger partial charge in [0.2, 0.25) is 0 Å². The number of rotatable bonds is 3. The summed E-state index contributed by atoms with van der Waals surface area (Å²) in [6.07, 6.45) is -1.67. The molecular formula is C14H12F3NO3. The Morgan fingerprint density at radius 2 is 1.81 bits per heavy atom. The highest BCUT2D eigenvalue weighted by Crippen LogP contribution is 2.23. The van der Waals surface area contributed by atoms with Gasteiger partial charge in [-0.25, -0.2) is 0 Å². The van der Waals surface area contributed by atoms with E-state index in [9.17, 15) is 22.8 Å². The Balaban J connectivity index is 2.01. The van der Waals surface area contributed by atoms with Crippen LogP contribution in [0.5, 0.6) is 5.75 Å². The molecule has 0 spiro atoms. The van der Waals surface area contributed by atoms with Crippen molar-refractivity contribution in [3.05, 3.63) is 41.6 Å². The minimum absolute atomic E-state index is 0.0505. The predicted molar refractivity (Wildman–Crippen MR) is 67.5 cm³/mol. The number of halogens is 3. The zero-order valence-corrected chi connectivity index (χ0v) is 10.9. The van der Waals surface area contributed by atoms with E-state index in [4.69, 9.17) is 0 Å². The molecule has 0 unspecified atom stereocenters. The molecule has 1 aliphatic rings. The van der Waals surface area contributed by atoms with Gasteiger partial charge in [0, 0.05) is 23.8 Å². The lowest BCUT2D eigenvalue weighted by atomic mass is 10.0. The molecule has 0 heterocycles. The van der Waals surface area contributed by atoms with Crippen LogP contribution in [0, 0.1) is 0 Å². The van der Waals surface area contributed by atoms with E-state index in [-0.39, 0.29) is 11.3 Å². The third kappa shape index (κ3) is 4.62. The second-order valence-corrected chi connectivity index (χ2v) is 4.52. The molecule has 0 saturated heterocycles. The van der Waals surface area contributed by atoms with Crippen molar-refractivity contribution in [2.75, 3.05) is 0 Å². The normalized spacial score (nSPS) is 15.4. The minimum Gasteiger partial charge on any atom is -0.406 e. The summed E-state index contributed by atoms with van der Waals surface area (Å²) in [6.45, 7) is 0. The molecule has 1 aliphatic carbocycles. The third-order valence-corrected chi connectivity index (χ3v) is 2.83. The number of amides is 1. The van der Waals surface area contributed by atoms with E-state index in [0.717, 1.165) is 12.1 Å². The van der Waals surface area contributed by atoms with Crippen LogP contribution >= 0.6 is 0 Å². The van der Waals surface area contributed by atoms with Crippen LogP contribution in [0.2, 0.25) is 0 Å². The number of nitrogens with one attached hydrogen (secondary N) is 1. The highest BCUT2D eigenvalue weighted by Gasteiger charge is 2.31. The fourth-order valence-corrected chi connectivity index (χ4v) is 1.92. The Hall–Kier alpha value is -2.31. The molecule has 4 nitrogen and oxygen atoms in total. The molecule has 112 valence electrons. The molecule has 0 aromatic heterocycles. The highest BCUT2D eigenvalue weighted by molar-refractivity contribution is 5.97. The summed E-state index contributed by atoms with van der Waals surface area (Å²) in [5, 5.41) is 2.57. The topological polar surface area (TPSA) is 55.4 Å². The van der Waals surface area contributed by atoms with Crippen molar-refractivity contribution in [1.82, 2.24) is 5.32 Å². The molecule has 0 bridgehead atoms. The van der Waals surface area contributed by atoms with Crippen molar-refractivity contribution < 1.29 is 27.5 Å².